The Balaban J connectivity index is 2.46. The van der Waals surface area contributed by atoms with Gasteiger partial charge < -0.3 is 0 Å². The van der Waals surface area contributed by atoms with Crippen molar-refractivity contribution in [3.8, 4) is 0 Å². The van der Waals surface area contributed by atoms with Gasteiger partial charge in [0.05, 0.1) is 0 Å². The molecular formula is C5H4N4+. The van der Waals surface area contributed by atoms with Gasteiger partial charge in [0.25, 0.3) is 6.21 Å². The van der Waals surface area contributed by atoms with Gasteiger partial charge in [-0.2, -0.15) is 0 Å². The predicted octanol–water partition coefficient (Wildman–Crippen LogP) is -0.765. The zero-order valence-electron chi connectivity index (χ0n) is 4.57. The van der Waals surface area contributed by atoms with E-state index in [0.29, 0.717) is 0 Å². The van der Waals surface area contributed by atoms with Crippen LogP contribution in [0.15, 0.2) is 21.8 Å². The fraction of sp³-hybridized carbons (Fsp3) is 0. The maximum Gasteiger partial charge on any atom is 0.277 e. The first-order chi connectivity index (χ1) is 4.47. The van der Waals surface area contributed by atoms with Gasteiger partial charge in [-0.3, -0.25) is 0 Å². The molecule has 4 nitrogen and oxygen atoms in total. The molecule has 2 heterocycles. The third kappa shape index (κ3) is 0.561. The van der Waals surface area contributed by atoms with Crippen LogP contribution < -0.4 is 10.5 Å². The van der Waals surface area contributed by atoms with E-state index in [2.05, 4.69) is 20.5 Å². The Hall–Kier alpha value is -1.45. The van der Waals surface area contributed by atoms with Crippen molar-refractivity contribution in [3.05, 3.63) is 11.8 Å². The van der Waals surface area contributed by atoms with E-state index >= 15 is 0 Å². The molecule has 2 aliphatic rings. The van der Waals surface area contributed by atoms with Crippen LogP contribution in [0.5, 0.6) is 0 Å². The molecule has 0 atom stereocenters. The molecule has 4 heteroatoms. The summed E-state index contributed by atoms with van der Waals surface area (Å²) in [5.41, 5.74) is 3.56. The van der Waals surface area contributed by atoms with Gasteiger partial charge in [0.15, 0.2) is 5.10 Å². The van der Waals surface area contributed by atoms with Gasteiger partial charge in [-0.05, 0) is 0 Å². The summed E-state index contributed by atoms with van der Waals surface area (Å²) in [6, 6.07) is 0. The highest BCUT2D eigenvalue weighted by Crippen LogP contribution is 2.02. The van der Waals surface area contributed by atoms with Crippen LogP contribution in [0.3, 0.4) is 0 Å². The highest BCUT2D eigenvalue weighted by molar-refractivity contribution is 6.09. The summed E-state index contributed by atoms with van der Waals surface area (Å²) >= 11 is 0. The van der Waals surface area contributed by atoms with Gasteiger partial charge in [0.2, 0.25) is 5.84 Å². The average molecular weight is 120 g/mol. The number of hydrogen-bond acceptors (Lipinski definition) is 4. The number of rotatable bonds is 0. The molecule has 0 aliphatic carbocycles. The zero-order chi connectivity index (χ0) is 6.10. The number of nitrogens with one attached hydrogen (secondary N) is 1. The predicted molar refractivity (Wildman–Crippen MR) is 35.3 cm³/mol. The van der Waals surface area contributed by atoms with Crippen molar-refractivity contribution in [2.24, 2.45) is 9.98 Å². The van der Waals surface area contributed by atoms with E-state index in [1.54, 1.807) is 12.3 Å². The van der Waals surface area contributed by atoms with Crippen molar-refractivity contribution in [3.63, 3.8) is 0 Å². The van der Waals surface area contributed by atoms with Crippen molar-refractivity contribution in [1.29, 1.82) is 0 Å². The Kier molecular flexibility index (Phi) is 0.745. The fourth-order valence-electron chi connectivity index (χ4n) is 0.690. The first-order valence-corrected chi connectivity index (χ1v) is 2.57. The van der Waals surface area contributed by atoms with E-state index in [9.17, 15) is 0 Å². The van der Waals surface area contributed by atoms with E-state index < -0.39 is 0 Å². The van der Waals surface area contributed by atoms with Crippen LogP contribution >= 0.6 is 0 Å². The Morgan fingerprint density at radius 2 is 2.56 bits per heavy atom. The molecule has 1 radical (unpaired) electrons. The lowest BCUT2D eigenvalue weighted by Gasteiger charge is -1.91. The summed E-state index contributed by atoms with van der Waals surface area (Å²) in [5.74, 6) is 0.734. The van der Waals surface area contributed by atoms with Crippen LogP contribution in [0.2, 0.25) is 0 Å². The van der Waals surface area contributed by atoms with E-state index in [1.165, 1.54) is 6.34 Å². The SMILES string of the molecule is C1=NC2=CC=[N+]NC2=N1. The van der Waals surface area contributed by atoms with Gasteiger partial charge in [-0.15, -0.1) is 0 Å². The van der Waals surface area contributed by atoms with Gasteiger partial charge in [0.1, 0.15) is 12.0 Å². The maximum absolute atomic E-state index is 3.94. The van der Waals surface area contributed by atoms with Gasteiger partial charge >= 0.3 is 0 Å². The molecule has 0 unspecified atom stereocenters. The summed E-state index contributed by atoms with van der Waals surface area (Å²) in [5, 5.41) is 3.76. The molecule has 0 bridgehead atoms. The summed E-state index contributed by atoms with van der Waals surface area (Å²) in [6.07, 6.45) is 4.96. The molecule has 9 heavy (non-hydrogen) atoms. The lowest BCUT2D eigenvalue weighted by Crippen LogP contribution is -2.28. The van der Waals surface area contributed by atoms with Crippen molar-refractivity contribution in [1.82, 2.24) is 10.5 Å². The minimum absolute atomic E-state index is 0.734. The number of fused-ring (bicyclic) bond motifs is 1. The minimum Gasteiger partial charge on any atom is -0.233 e. The quantitative estimate of drug-likeness (QED) is 0.448. The number of hydrazone groups is 1. The molecule has 2 rings (SSSR count). The molecule has 2 aliphatic heterocycles. The number of hydrogen-bond donors (Lipinski definition) is 1. The Bertz CT molecular complexity index is 246. The molecule has 1 N–H and O–H groups in total. The van der Waals surface area contributed by atoms with E-state index in [0.717, 1.165) is 11.5 Å². The minimum atomic E-state index is 0.734. The summed E-state index contributed by atoms with van der Waals surface area (Å²) in [7, 11) is 0. The van der Waals surface area contributed by atoms with Crippen LogP contribution in [-0.2, 0) is 0 Å². The topological polar surface area (TPSA) is 50.9 Å². The fourth-order valence-corrected chi connectivity index (χ4v) is 0.690. The van der Waals surface area contributed by atoms with E-state index in [4.69, 9.17) is 0 Å². The van der Waals surface area contributed by atoms with Crippen molar-refractivity contribution in [2.75, 3.05) is 0 Å². The number of amidine groups is 1. The highest BCUT2D eigenvalue weighted by atomic mass is 15.3. The molecular weight excluding hydrogens is 116 g/mol. The lowest BCUT2D eigenvalue weighted by atomic mass is 10.4. The second kappa shape index (κ2) is 1.51. The molecule has 43 valence electrons. The van der Waals surface area contributed by atoms with Crippen LogP contribution in [0, 0.1) is 0 Å². The highest BCUT2D eigenvalue weighted by Gasteiger charge is 2.16. The zero-order valence-corrected chi connectivity index (χ0v) is 4.57. The molecule has 0 aromatic carbocycles. The third-order valence-electron chi connectivity index (χ3n) is 1.10. The molecule has 0 saturated carbocycles. The van der Waals surface area contributed by atoms with Gasteiger partial charge in [-0.1, -0.05) is 5.43 Å². The van der Waals surface area contributed by atoms with Crippen molar-refractivity contribution < 1.29 is 0 Å². The van der Waals surface area contributed by atoms with E-state index in [1.807, 2.05) is 0 Å². The molecule has 0 aromatic rings. The van der Waals surface area contributed by atoms with Crippen LogP contribution in [0.1, 0.15) is 0 Å². The van der Waals surface area contributed by atoms with Crippen LogP contribution in [-0.4, -0.2) is 18.4 Å². The third-order valence-corrected chi connectivity index (χ3v) is 1.10. The van der Waals surface area contributed by atoms with Crippen LogP contribution in [0.4, 0.5) is 0 Å². The van der Waals surface area contributed by atoms with Gasteiger partial charge in [-0.25, -0.2) is 9.98 Å². The van der Waals surface area contributed by atoms with Crippen LogP contribution in [0.25, 0.3) is 0 Å². The molecule has 0 spiro atoms. The molecule has 0 aromatic heterocycles. The lowest BCUT2D eigenvalue weighted by molar-refractivity contribution is 0.916. The van der Waals surface area contributed by atoms with Crippen molar-refractivity contribution in [2.45, 2.75) is 0 Å². The molecule has 0 amide bonds. The summed E-state index contributed by atoms with van der Waals surface area (Å²) < 4.78 is 0. The Morgan fingerprint density at radius 3 is 3.44 bits per heavy atom. The van der Waals surface area contributed by atoms with Gasteiger partial charge in [0, 0.05) is 6.08 Å². The first-order valence-electron chi connectivity index (χ1n) is 2.57. The Morgan fingerprint density at radius 1 is 1.56 bits per heavy atom. The average Bonchev–Trinajstić information content (AvgIpc) is 2.33. The monoisotopic (exact) mass is 120 g/mol. The second-order valence-electron chi connectivity index (χ2n) is 1.66. The smallest absolute Gasteiger partial charge is 0.233 e. The normalized spacial score (nSPS) is 20.4. The molecule has 0 saturated heterocycles. The summed E-state index contributed by atoms with van der Waals surface area (Å²) in [4.78, 5) is 7.83. The standard InChI is InChI=1S/C5H4N4/c1-2-8-9-5-4(1)6-3-7-5/h1-3H,(H,6,7,9)/q+1. The number of aliphatic imine (C=N–C) groups is 2. The number of allylic oxidation sites excluding steroid dienone is 1. The van der Waals surface area contributed by atoms with Crippen molar-refractivity contribution >= 4 is 18.4 Å². The first kappa shape index (κ1) is 4.43. The maximum atomic E-state index is 3.94. The van der Waals surface area contributed by atoms with E-state index in [-0.39, 0.29) is 0 Å². The molecule has 0 fully saturated rings. The summed E-state index contributed by atoms with van der Waals surface area (Å²) in [6.45, 7) is 0. The Labute approximate surface area is 51.7 Å². The number of nitrogens with zero attached hydrogens (tertiary/aromatic N) is 3. The second-order valence-corrected chi connectivity index (χ2v) is 1.66. The largest absolute Gasteiger partial charge is 0.277 e.